The van der Waals surface area contributed by atoms with Crippen molar-refractivity contribution < 1.29 is 4.79 Å². The Hall–Kier alpha value is -3.21. The SMILES string of the molecule is CC(=O)c1ccc(Nc2cc(C)nc(Nc3cc(C)cc(C)c3)n2)cc1. The van der Waals surface area contributed by atoms with Crippen molar-refractivity contribution in [3.05, 3.63) is 70.9 Å². The highest BCUT2D eigenvalue weighted by molar-refractivity contribution is 5.94. The molecule has 5 nitrogen and oxygen atoms in total. The van der Waals surface area contributed by atoms with E-state index in [9.17, 15) is 4.79 Å². The van der Waals surface area contributed by atoms with Gasteiger partial charge in [-0.05, 0) is 75.2 Å². The third-order valence-electron chi connectivity index (χ3n) is 3.90. The van der Waals surface area contributed by atoms with E-state index < -0.39 is 0 Å². The molecule has 0 aliphatic rings. The van der Waals surface area contributed by atoms with Gasteiger partial charge in [0.15, 0.2) is 5.78 Å². The molecule has 0 atom stereocenters. The van der Waals surface area contributed by atoms with Crippen LogP contribution >= 0.6 is 0 Å². The number of aryl methyl sites for hydroxylation is 3. The van der Waals surface area contributed by atoms with Crippen molar-refractivity contribution in [2.45, 2.75) is 27.7 Å². The molecular weight excluding hydrogens is 324 g/mol. The standard InChI is InChI=1S/C21H22N4O/c1-13-9-14(2)11-19(10-13)24-21-22-15(3)12-20(25-21)23-18-7-5-17(6-8-18)16(4)26/h5-12H,1-4H3,(H2,22,23,24,25). The van der Waals surface area contributed by atoms with E-state index in [4.69, 9.17) is 0 Å². The Bertz CT molecular complexity index is 928. The lowest BCUT2D eigenvalue weighted by Gasteiger charge is -2.11. The fraction of sp³-hybridized carbons (Fsp3) is 0.190. The average Bonchev–Trinajstić information content (AvgIpc) is 2.53. The second-order valence-corrected chi connectivity index (χ2v) is 6.48. The minimum Gasteiger partial charge on any atom is -0.340 e. The maximum Gasteiger partial charge on any atom is 0.229 e. The van der Waals surface area contributed by atoms with E-state index in [1.165, 1.54) is 11.1 Å². The van der Waals surface area contributed by atoms with Crippen LogP contribution in [-0.4, -0.2) is 15.8 Å². The lowest BCUT2D eigenvalue weighted by atomic mass is 10.1. The molecule has 0 amide bonds. The quantitative estimate of drug-likeness (QED) is 0.630. The lowest BCUT2D eigenvalue weighted by molar-refractivity contribution is 0.101. The van der Waals surface area contributed by atoms with E-state index in [1.54, 1.807) is 19.1 Å². The Morgan fingerprint density at radius 2 is 1.46 bits per heavy atom. The molecule has 3 aromatic rings. The summed E-state index contributed by atoms with van der Waals surface area (Å²) in [5.74, 6) is 1.28. The van der Waals surface area contributed by atoms with Gasteiger partial charge in [0.25, 0.3) is 0 Å². The van der Waals surface area contributed by atoms with Crippen molar-refractivity contribution >= 4 is 28.9 Å². The van der Waals surface area contributed by atoms with Crippen LogP contribution in [0.2, 0.25) is 0 Å². The zero-order valence-electron chi connectivity index (χ0n) is 15.4. The third kappa shape index (κ3) is 4.45. The van der Waals surface area contributed by atoms with Gasteiger partial charge in [-0.15, -0.1) is 0 Å². The first-order valence-electron chi connectivity index (χ1n) is 8.48. The molecule has 1 aromatic heterocycles. The van der Waals surface area contributed by atoms with Crippen molar-refractivity contribution in [2.75, 3.05) is 10.6 Å². The van der Waals surface area contributed by atoms with E-state index >= 15 is 0 Å². The highest BCUT2D eigenvalue weighted by atomic mass is 16.1. The Balaban J connectivity index is 1.82. The molecule has 0 aliphatic carbocycles. The summed E-state index contributed by atoms with van der Waals surface area (Å²) in [6.45, 7) is 7.61. The first-order chi connectivity index (χ1) is 12.4. The van der Waals surface area contributed by atoms with Crippen LogP contribution in [0.4, 0.5) is 23.1 Å². The number of carbonyl (C=O) groups is 1. The number of anilines is 4. The molecule has 0 radical (unpaired) electrons. The predicted molar refractivity (Wildman–Crippen MR) is 106 cm³/mol. The number of hydrogen-bond acceptors (Lipinski definition) is 5. The monoisotopic (exact) mass is 346 g/mol. The van der Waals surface area contributed by atoms with E-state index in [1.807, 2.05) is 25.1 Å². The van der Waals surface area contributed by atoms with Crippen molar-refractivity contribution in [1.29, 1.82) is 0 Å². The van der Waals surface area contributed by atoms with E-state index in [0.717, 1.165) is 17.1 Å². The average molecular weight is 346 g/mol. The van der Waals surface area contributed by atoms with Crippen LogP contribution in [0.15, 0.2) is 48.5 Å². The van der Waals surface area contributed by atoms with E-state index in [-0.39, 0.29) is 5.78 Å². The molecule has 5 heteroatoms. The first kappa shape index (κ1) is 17.6. The van der Waals surface area contributed by atoms with Crippen LogP contribution < -0.4 is 10.6 Å². The van der Waals surface area contributed by atoms with Crippen LogP contribution in [-0.2, 0) is 0 Å². The lowest BCUT2D eigenvalue weighted by Crippen LogP contribution is -2.03. The summed E-state index contributed by atoms with van der Waals surface area (Å²) in [6, 6.07) is 15.5. The van der Waals surface area contributed by atoms with Gasteiger partial charge >= 0.3 is 0 Å². The highest BCUT2D eigenvalue weighted by Gasteiger charge is 2.05. The summed E-state index contributed by atoms with van der Waals surface area (Å²) in [6.07, 6.45) is 0. The molecule has 0 unspecified atom stereocenters. The number of aromatic nitrogens is 2. The number of hydrogen-bond donors (Lipinski definition) is 2. The first-order valence-corrected chi connectivity index (χ1v) is 8.48. The van der Waals surface area contributed by atoms with Crippen LogP contribution in [0.3, 0.4) is 0 Å². The molecule has 0 aliphatic heterocycles. The van der Waals surface area contributed by atoms with Gasteiger partial charge in [-0.3, -0.25) is 4.79 Å². The molecule has 3 rings (SSSR count). The molecule has 132 valence electrons. The molecule has 2 aromatic carbocycles. The summed E-state index contributed by atoms with van der Waals surface area (Å²) >= 11 is 0. The van der Waals surface area contributed by atoms with Crippen LogP contribution in [0, 0.1) is 20.8 Å². The molecule has 0 saturated heterocycles. The molecule has 0 fully saturated rings. The normalized spacial score (nSPS) is 10.5. The predicted octanol–water partition coefficient (Wildman–Crippen LogP) is 5.09. The molecule has 2 N–H and O–H groups in total. The number of carbonyl (C=O) groups excluding carboxylic acids is 1. The minimum atomic E-state index is 0.0503. The number of rotatable bonds is 5. The summed E-state index contributed by atoms with van der Waals surface area (Å²) in [4.78, 5) is 20.4. The Kier molecular flexibility index (Phi) is 4.98. The van der Waals surface area contributed by atoms with Crippen molar-refractivity contribution in [2.24, 2.45) is 0 Å². The van der Waals surface area contributed by atoms with Gasteiger partial charge in [-0.1, -0.05) is 6.07 Å². The maximum absolute atomic E-state index is 11.4. The Labute approximate surface area is 153 Å². The Morgan fingerprint density at radius 1 is 0.808 bits per heavy atom. The highest BCUT2D eigenvalue weighted by Crippen LogP contribution is 2.21. The van der Waals surface area contributed by atoms with Gasteiger partial charge in [0.05, 0.1) is 0 Å². The Morgan fingerprint density at radius 3 is 2.08 bits per heavy atom. The topological polar surface area (TPSA) is 66.9 Å². The maximum atomic E-state index is 11.4. The van der Waals surface area contributed by atoms with Crippen LogP contribution in [0.1, 0.15) is 34.1 Å². The van der Waals surface area contributed by atoms with E-state index in [0.29, 0.717) is 17.3 Å². The largest absolute Gasteiger partial charge is 0.340 e. The fourth-order valence-electron chi connectivity index (χ4n) is 2.80. The molecule has 0 saturated carbocycles. The summed E-state index contributed by atoms with van der Waals surface area (Å²) in [7, 11) is 0. The van der Waals surface area contributed by atoms with Crippen LogP contribution in [0.25, 0.3) is 0 Å². The molecular formula is C21H22N4O. The zero-order valence-corrected chi connectivity index (χ0v) is 15.4. The summed E-state index contributed by atoms with van der Waals surface area (Å²) in [5.41, 5.74) is 5.74. The van der Waals surface area contributed by atoms with E-state index in [2.05, 4.69) is 52.6 Å². The second kappa shape index (κ2) is 7.35. The van der Waals surface area contributed by atoms with Crippen LogP contribution in [0.5, 0.6) is 0 Å². The number of nitrogens with zero attached hydrogens (tertiary/aromatic N) is 2. The number of Topliss-reactive ketones (excluding diaryl/α,β-unsaturated/α-hetero) is 1. The summed E-state index contributed by atoms with van der Waals surface area (Å²) < 4.78 is 0. The second-order valence-electron chi connectivity index (χ2n) is 6.48. The molecule has 26 heavy (non-hydrogen) atoms. The van der Waals surface area contributed by atoms with Gasteiger partial charge in [0, 0.05) is 28.7 Å². The van der Waals surface area contributed by atoms with Gasteiger partial charge in [0.2, 0.25) is 5.95 Å². The van der Waals surface area contributed by atoms with Gasteiger partial charge in [-0.2, -0.15) is 4.98 Å². The number of benzene rings is 2. The third-order valence-corrected chi connectivity index (χ3v) is 3.90. The van der Waals surface area contributed by atoms with Gasteiger partial charge in [-0.25, -0.2) is 4.98 Å². The molecule has 0 bridgehead atoms. The molecule has 0 spiro atoms. The smallest absolute Gasteiger partial charge is 0.229 e. The van der Waals surface area contributed by atoms with Gasteiger partial charge in [0.1, 0.15) is 5.82 Å². The molecule has 1 heterocycles. The zero-order chi connectivity index (χ0) is 18.7. The van der Waals surface area contributed by atoms with Gasteiger partial charge < -0.3 is 10.6 Å². The van der Waals surface area contributed by atoms with Crippen molar-refractivity contribution in [1.82, 2.24) is 9.97 Å². The number of ketones is 1. The summed E-state index contributed by atoms with van der Waals surface area (Å²) in [5, 5.41) is 6.53. The fourth-order valence-corrected chi connectivity index (χ4v) is 2.80. The van der Waals surface area contributed by atoms with Crippen molar-refractivity contribution in [3.8, 4) is 0 Å². The number of nitrogens with one attached hydrogen (secondary N) is 2. The minimum absolute atomic E-state index is 0.0503. The van der Waals surface area contributed by atoms with Crippen molar-refractivity contribution in [3.63, 3.8) is 0 Å².